The van der Waals surface area contributed by atoms with Crippen LogP contribution < -0.4 is 4.90 Å². The molecule has 2 heteroatoms. The smallest absolute Gasteiger partial charge is 0.135 e. The van der Waals surface area contributed by atoms with Crippen molar-refractivity contribution in [2.75, 3.05) is 4.90 Å². The van der Waals surface area contributed by atoms with Gasteiger partial charge in [0.05, 0.1) is 5.69 Å². The summed E-state index contributed by atoms with van der Waals surface area (Å²) in [6.45, 7) is 0. The Balaban J connectivity index is 1.13. The minimum atomic E-state index is 0.884. The zero-order valence-electron chi connectivity index (χ0n) is 29.4. The van der Waals surface area contributed by atoms with Crippen molar-refractivity contribution in [2.24, 2.45) is 0 Å². The monoisotopic (exact) mass is 687 g/mol. The second kappa shape index (κ2) is 12.2. The van der Waals surface area contributed by atoms with Crippen molar-refractivity contribution in [1.82, 2.24) is 0 Å². The van der Waals surface area contributed by atoms with Gasteiger partial charge < -0.3 is 9.32 Å². The van der Waals surface area contributed by atoms with Crippen molar-refractivity contribution in [3.63, 3.8) is 0 Å². The highest BCUT2D eigenvalue weighted by atomic mass is 16.3. The van der Waals surface area contributed by atoms with E-state index in [0.717, 1.165) is 39.0 Å². The fourth-order valence-electron chi connectivity index (χ4n) is 8.53. The minimum Gasteiger partial charge on any atom is -0.456 e. The fraction of sp³-hybridized carbons (Fsp3) is 0. The van der Waals surface area contributed by atoms with Gasteiger partial charge >= 0.3 is 0 Å². The highest BCUT2D eigenvalue weighted by molar-refractivity contribution is 6.30. The van der Waals surface area contributed by atoms with E-state index >= 15 is 0 Å². The molecule has 0 amide bonds. The van der Waals surface area contributed by atoms with Crippen LogP contribution in [-0.4, -0.2) is 0 Å². The van der Waals surface area contributed by atoms with Crippen LogP contribution in [0, 0.1) is 0 Å². The second-order valence-corrected chi connectivity index (χ2v) is 14.1. The van der Waals surface area contributed by atoms with Crippen LogP contribution in [0.15, 0.2) is 205 Å². The van der Waals surface area contributed by atoms with Crippen LogP contribution >= 0.6 is 0 Å². The summed E-state index contributed by atoms with van der Waals surface area (Å²) in [7, 11) is 0. The summed E-state index contributed by atoms with van der Waals surface area (Å²) in [6, 6.07) is 72.3. The molecule has 54 heavy (non-hydrogen) atoms. The number of hydrogen-bond donors (Lipinski definition) is 0. The molecule has 0 spiro atoms. The average molecular weight is 688 g/mol. The molecule has 0 fully saturated rings. The van der Waals surface area contributed by atoms with Gasteiger partial charge in [0.25, 0.3) is 0 Å². The predicted octanol–water partition coefficient (Wildman–Crippen LogP) is 15.0. The molecule has 0 aliphatic carbocycles. The molecule has 0 unspecified atom stereocenters. The van der Waals surface area contributed by atoms with E-state index in [1.165, 1.54) is 65.3 Å². The lowest BCUT2D eigenvalue weighted by Gasteiger charge is -2.28. The summed E-state index contributed by atoms with van der Waals surface area (Å²) >= 11 is 0. The Bertz CT molecular complexity index is 3210. The molecule has 0 atom stereocenters. The topological polar surface area (TPSA) is 16.4 Å². The summed E-state index contributed by atoms with van der Waals surface area (Å²) in [5, 5.41) is 12.4. The van der Waals surface area contributed by atoms with E-state index in [-0.39, 0.29) is 0 Å². The second-order valence-electron chi connectivity index (χ2n) is 14.1. The van der Waals surface area contributed by atoms with Crippen LogP contribution in [0.1, 0.15) is 0 Å². The molecule has 0 saturated heterocycles. The first kappa shape index (κ1) is 30.5. The number of para-hydroxylation sites is 2. The summed E-state index contributed by atoms with van der Waals surface area (Å²) in [5.41, 5.74) is 9.79. The highest BCUT2D eigenvalue weighted by Crippen LogP contribution is 2.45. The lowest BCUT2D eigenvalue weighted by atomic mass is 9.88. The number of rotatable bonds is 5. The number of benzene rings is 10. The number of furan rings is 1. The largest absolute Gasteiger partial charge is 0.456 e. The van der Waals surface area contributed by atoms with Crippen molar-refractivity contribution < 1.29 is 4.42 Å². The maximum absolute atomic E-state index is 6.25. The van der Waals surface area contributed by atoms with Gasteiger partial charge in [-0.15, -0.1) is 0 Å². The molecule has 0 N–H and O–H groups in total. The van der Waals surface area contributed by atoms with E-state index in [4.69, 9.17) is 4.42 Å². The van der Waals surface area contributed by atoms with Crippen molar-refractivity contribution in [1.29, 1.82) is 0 Å². The summed E-state index contributed by atoms with van der Waals surface area (Å²) in [6.07, 6.45) is 0. The Labute approximate surface area is 312 Å². The quantitative estimate of drug-likeness (QED) is 0.168. The van der Waals surface area contributed by atoms with Gasteiger partial charge in [0.2, 0.25) is 0 Å². The van der Waals surface area contributed by atoms with Crippen molar-refractivity contribution >= 4 is 82.1 Å². The fourth-order valence-corrected chi connectivity index (χ4v) is 8.53. The third-order valence-electron chi connectivity index (χ3n) is 11.0. The van der Waals surface area contributed by atoms with Crippen LogP contribution in [0.2, 0.25) is 0 Å². The third kappa shape index (κ3) is 4.81. The zero-order chi connectivity index (χ0) is 35.6. The Morgan fingerprint density at radius 2 is 0.907 bits per heavy atom. The third-order valence-corrected chi connectivity index (χ3v) is 11.0. The SMILES string of the molecule is c1ccc(-c2ccccc2N(c2ccc(-c3cc4ccc5ccccc5c4c4c3ccc3ccccc34)cc2)c2ccc3oc4ccccc4c3c2)cc1. The first-order chi connectivity index (χ1) is 26.8. The van der Waals surface area contributed by atoms with E-state index in [1.807, 2.05) is 12.1 Å². The van der Waals surface area contributed by atoms with Crippen molar-refractivity contribution in [2.45, 2.75) is 0 Å². The molecule has 0 saturated carbocycles. The number of anilines is 3. The van der Waals surface area contributed by atoms with Gasteiger partial charge in [0, 0.05) is 27.7 Å². The van der Waals surface area contributed by atoms with Crippen molar-refractivity contribution in [3.05, 3.63) is 200 Å². The van der Waals surface area contributed by atoms with E-state index in [1.54, 1.807) is 0 Å². The van der Waals surface area contributed by atoms with Gasteiger partial charge in [-0.2, -0.15) is 0 Å². The maximum Gasteiger partial charge on any atom is 0.135 e. The van der Waals surface area contributed by atoms with Crippen molar-refractivity contribution in [3.8, 4) is 22.3 Å². The molecule has 11 rings (SSSR count). The van der Waals surface area contributed by atoms with Crippen LogP contribution in [0.25, 0.3) is 87.3 Å². The van der Waals surface area contributed by atoms with Gasteiger partial charge in [-0.3, -0.25) is 0 Å². The maximum atomic E-state index is 6.25. The highest BCUT2D eigenvalue weighted by Gasteiger charge is 2.20. The standard InChI is InChI=1S/C52H33NO/c1-2-12-34(13-3-1)41-16-8-10-20-48(41)53(40-29-31-50-47(33-40)44-19-9-11-21-49(44)54-50)39-27-24-37(25-28-39)46-32-38-23-22-35-14-4-6-17-42(35)51(38)52-43-18-7-5-15-36(43)26-30-45(46)52/h1-33H. The molecule has 2 nitrogen and oxygen atoms in total. The van der Waals surface area contributed by atoms with Gasteiger partial charge in [-0.25, -0.2) is 0 Å². The van der Waals surface area contributed by atoms with E-state index in [2.05, 4.69) is 193 Å². The van der Waals surface area contributed by atoms with Gasteiger partial charge in [0.15, 0.2) is 0 Å². The van der Waals surface area contributed by atoms with E-state index in [0.29, 0.717) is 0 Å². The normalized spacial score (nSPS) is 11.7. The molecule has 252 valence electrons. The van der Waals surface area contributed by atoms with Gasteiger partial charge in [-0.05, 0) is 108 Å². The lowest BCUT2D eigenvalue weighted by molar-refractivity contribution is 0.669. The molecule has 0 aliphatic heterocycles. The number of nitrogens with zero attached hydrogens (tertiary/aromatic N) is 1. The Hall–Kier alpha value is -7.16. The Morgan fingerprint density at radius 1 is 0.315 bits per heavy atom. The van der Waals surface area contributed by atoms with Gasteiger partial charge in [-0.1, -0.05) is 152 Å². The first-order valence-electron chi connectivity index (χ1n) is 18.5. The first-order valence-corrected chi connectivity index (χ1v) is 18.5. The van der Waals surface area contributed by atoms with Crippen LogP contribution in [-0.2, 0) is 0 Å². The molecule has 0 radical (unpaired) electrons. The van der Waals surface area contributed by atoms with Crippen LogP contribution in [0.5, 0.6) is 0 Å². The molecule has 1 heterocycles. The van der Waals surface area contributed by atoms with Crippen LogP contribution in [0.3, 0.4) is 0 Å². The number of hydrogen-bond acceptors (Lipinski definition) is 2. The zero-order valence-corrected chi connectivity index (χ0v) is 29.4. The summed E-state index contributed by atoms with van der Waals surface area (Å²) < 4.78 is 6.25. The lowest BCUT2D eigenvalue weighted by Crippen LogP contribution is -2.11. The average Bonchev–Trinajstić information content (AvgIpc) is 3.62. The van der Waals surface area contributed by atoms with E-state index < -0.39 is 0 Å². The van der Waals surface area contributed by atoms with Crippen LogP contribution in [0.4, 0.5) is 17.1 Å². The Kier molecular flexibility index (Phi) is 6.90. The molecule has 1 aromatic heterocycles. The van der Waals surface area contributed by atoms with E-state index in [9.17, 15) is 0 Å². The minimum absolute atomic E-state index is 0.884. The van der Waals surface area contributed by atoms with Gasteiger partial charge in [0.1, 0.15) is 11.2 Å². The summed E-state index contributed by atoms with van der Waals surface area (Å²) in [5.74, 6) is 0. The molecular formula is C52H33NO. The molecule has 0 bridgehead atoms. The molecular weight excluding hydrogens is 655 g/mol. The molecule has 10 aromatic carbocycles. The summed E-state index contributed by atoms with van der Waals surface area (Å²) in [4.78, 5) is 2.38. The molecule has 0 aliphatic rings. The molecule has 11 aromatic rings. The predicted molar refractivity (Wildman–Crippen MR) is 229 cm³/mol. The number of fused-ring (bicyclic) bond motifs is 10. The Morgan fingerprint density at radius 3 is 1.72 bits per heavy atom.